The number of fused-ring (bicyclic) bond motifs is 1. The summed E-state index contributed by atoms with van der Waals surface area (Å²) in [4.78, 5) is 11.2. The average Bonchev–Trinajstić information content (AvgIpc) is 2.77. The fourth-order valence-corrected chi connectivity index (χ4v) is 3.52. The molecule has 2 heterocycles. The highest BCUT2D eigenvalue weighted by molar-refractivity contribution is 6.32. The van der Waals surface area contributed by atoms with Gasteiger partial charge in [-0.3, -0.25) is 0 Å². The van der Waals surface area contributed by atoms with E-state index in [2.05, 4.69) is 12.2 Å². The van der Waals surface area contributed by atoms with Crippen molar-refractivity contribution in [2.45, 2.75) is 50.0 Å². The third-order valence-corrected chi connectivity index (χ3v) is 5.10. The summed E-state index contributed by atoms with van der Waals surface area (Å²) in [6.07, 6.45) is -7.56. The molecule has 9 heteroatoms. The van der Waals surface area contributed by atoms with E-state index in [1.165, 1.54) is 0 Å². The van der Waals surface area contributed by atoms with Gasteiger partial charge in [0, 0.05) is 6.54 Å². The van der Waals surface area contributed by atoms with Gasteiger partial charge in [0.2, 0.25) is 6.29 Å². The lowest BCUT2D eigenvalue weighted by Crippen LogP contribution is -2.61. The molecule has 0 aliphatic carbocycles. The molecule has 0 amide bonds. The Morgan fingerprint density at radius 3 is 2.69 bits per heavy atom. The third-order valence-electron chi connectivity index (χ3n) is 4.80. The number of carbonyl (C=O) groups is 1. The van der Waals surface area contributed by atoms with Gasteiger partial charge in [-0.25, -0.2) is 4.79 Å². The molecule has 144 valence electrons. The van der Waals surface area contributed by atoms with Gasteiger partial charge < -0.3 is 35.2 Å². The Labute approximate surface area is 155 Å². The molecule has 8 nitrogen and oxygen atoms in total. The summed E-state index contributed by atoms with van der Waals surface area (Å²) in [7, 11) is 0. The molecule has 3 rings (SSSR count). The minimum absolute atomic E-state index is 0.219. The van der Waals surface area contributed by atoms with Crippen molar-refractivity contribution in [1.29, 1.82) is 0 Å². The molecular formula is C17H22ClNO7. The minimum Gasteiger partial charge on any atom is -0.479 e. The second-order valence-corrected chi connectivity index (χ2v) is 7.10. The lowest BCUT2D eigenvalue weighted by molar-refractivity contribution is -0.271. The highest BCUT2D eigenvalue weighted by Gasteiger charge is 2.48. The molecule has 0 unspecified atom stereocenters. The summed E-state index contributed by atoms with van der Waals surface area (Å²) >= 11 is 6.30. The summed E-state index contributed by atoms with van der Waals surface area (Å²) in [5.74, 6) is -0.981. The quantitative estimate of drug-likeness (QED) is 0.485. The van der Waals surface area contributed by atoms with E-state index in [4.69, 9.17) is 26.2 Å². The molecule has 1 aromatic rings. The van der Waals surface area contributed by atoms with Crippen LogP contribution in [-0.2, 0) is 16.0 Å². The lowest BCUT2D eigenvalue weighted by Gasteiger charge is -2.38. The molecule has 1 saturated heterocycles. The van der Waals surface area contributed by atoms with Gasteiger partial charge in [0.1, 0.15) is 24.1 Å². The summed E-state index contributed by atoms with van der Waals surface area (Å²) in [5.41, 5.74) is 2.12. The van der Waals surface area contributed by atoms with Crippen LogP contribution in [0.3, 0.4) is 0 Å². The first-order valence-corrected chi connectivity index (χ1v) is 8.79. The van der Waals surface area contributed by atoms with E-state index in [0.29, 0.717) is 5.02 Å². The number of aliphatic carboxylic acids is 1. The van der Waals surface area contributed by atoms with Gasteiger partial charge in [-0.05, 0) is 42.1 Å². The highest BCUT2D eigenvalue weighted by Crippen LogP contribution is 2.35. The largest absolute Gasteiger partial charge is 0.479 e. The number of aliphatic hydroxyl groups is 3. The molecule has 0 bridgehead atoms. The van der Waals surface area contributed by atoms with Crippen LogP contribution >= 0.6 is 11.6 Å². The number of aliphatic hydroxyl groups excluding tert-OH is 3. The van der Waals surface area contributed by atoms with Crippen molar-refractivity contribution < 1.29 is 34.7 Å². The Kier molecular flexibility index (Phi) is 5.71. The van der Waals surface area contributed by atoms with Crippen molar-refractivity contribution in [2.24, 2.45) is 0 Å². The van der Waals surface area contributed by atoms with Gasteiger partial charge in [0.15, 0.2) is 6.10 Å². The number of carboxylic acids is 1. The Morgan fingerprint density at radius 2 is 2.00 bits per heavy atom. The van der Waals surface area contributed by atoms with Crippen LogP contribution in [0, 0.1) is 0 Å². The van der Waals surface area contributed by atoms with Crippen LogP contribution in [0.4, 0.5) is 0 Å². The van der Waals surface area contributed by atoms with Crippen LogP contribution in [-0.4, -0.2) is 70.2 Å². The summed E-state index contributed by atoms with van der Waals surface area (Å²) in [5, 5.41) is 42.4. The number of ether oxygens (including phenoxy) is 2. The third kappa shape index (κ3) is 3.66. The summed E-state index contributed by atoms with van der Waals surface area (Å²) in [6, 6.07) is 3.53. The minimum atomic E-state index is -1.77. The number of rotatable bonds is 3. The van der Waals surface area contributed by atoms with E-state index in [1.807, 2.05) is 0 Å². The smallest absolute Gasteiger partial charge is 0.335 e. The molecule has 26 heavy (non-hydrogen) atoms. The first kappa shape index (κ1) is 19.3. The SMILES string of the molecule is C[C@H]1CNCCc2cc(O[C@@H]3O[C@H](C(=O)O)[C@@H](O)[C@H](O)[C@H]3O)c(Cl)cc21. The molecule has 0 radical (unpaired) electrons. The predicted octanol–water partition coefficient (Wildman–Crippen LogP) is -0.140. The van der Waals surface area contributed by atoms with Crippen molar-refractivity contribution in [3.05, 3.63) is 28.3 Å². The van der Waals surface area contributed by atoms with E-state index >= 15 is 0 Å². The molecule has 0 aromatic heterocycles. The molecule has 0 saturated carbocycles. The van der Waals surface area contributed by atoms with Gasteiger partial charge in [0.25, 0.3) is 0 Å². The fourth-order valence-electron chi connectivity index (χ4n) is 3.30. The van der Waals surface area contributed by atoms with Crippen LogP contribution in [0.25, 0.3) is 0 Å². The second-order valence-electron chi connectivity index (χ2n) is 6.69. The highest BCUT2D eigenvalue weighted by atomic mass is 35.5. The van der Waals surface area contributed by atoms with Crippen LogP contribution < -0.4 is 10.1 Å². The Balaban J connectivity index is 1.86. The number of carboxylic acid groups (broad SMARTS) is 1. The van der Waals surface area contributed by atoms with E-state index in [-0.39, 0.29) is 11.7 Å². The maximum absolute atomic E-state index is 11.2. The molecule has 0 spiro atoms. The molecule has 1 fully saturated rings. The summed E-state index contributed by atoms with van der Waals surface area (Å²) in [6.45, 7) is 3.71. The number of nitrogens with one attached hydrogen (secondary N) is 1. The maximum Gasteiger partial charge on any atom is 0.335 e. The molecule has 2 aliphatic heterocycles. The maximum atomic E-state index is 11.2. The Morgan fingerprint density at radius 1 is 1.27 bits per heavy atom. The number of hydrogen-bond donors (Lipinski definition) is 5. The Hall–Kier alpha value is -1.42. The van der Waals surface area contributed by atoms with Crippen molar-refractivity contribution in [3.63, 3.8) is 0 Å². The number of benzene rings is 1. The number of hydrogen-bond acceptors (Lipinski definition) is 7. The standard InChI is InChI=1S/C17H22ClNO7/c1-7-6-19-3-2-8-4-11(10(18)5-9(7)8)25-17-14(22)12(20)13(21)15(26-17)16(23)24/h4-5,7,12-15,17,19-22H,2-3,6H2,1H3,(H,23,24)/t7-,12-,13-,14+,15-,17+/m0/s1. The zero-order valence-corrected chi connectivity index (χ0v) is 14.9. The van der Waals surface area contributed by atoms with Crippen molar-refractivity contribution in [2.75, 3.05) is 13.1 Å². The van der Waals surface area contributed by atoms with Crippen LogP contribution in [0.5, 0.6) is 5.75 Å². The van der Waals surface area contributed by atoms with Crippen molar-refractivity contribution in [1.82, 2.24) is 5.32 Å². The Bertz CT molecular complexity index is 685. The topological polar surface area (TPSA) is 128 Å². The van der Waals surface area contributed by atoms with Gasteiger partial charge in [-0.2, -0.15) is 0 Å². The second kappa shape index (κ2) is 7.67. The molecule has 6 atom stereocenters. The van der Waals surface area contributed by atoms with Gasteiger partial charge in [-0.1, -0.05) is 18.5 Å². The van der Waals surface area contributed by atoms with Crippen LogP contribution in [0.1, 0.15) is 24.0 Å². The fraction of sp³-hybridized carbons (Fsp3) is 0.588. The molecule has 5 N–H and O–H groups in total. The zero-order valence-electron chi connectivity index (χ0n) is 14.1. The predicted molar refractivity (Wildman–Crippen MR) is 91.4 cm³/mol. The van der Waals surface area contributed by atoms with E-state index in [0.717, 1.165) is 30.6 Å². The number of halogens is 1. The van der Waals surface area contributed by atoms with Crippen molar-refractivity contribution >= 4 is 17.6 Å². The summed E-state index contributed by atoms with van der Waals surface area (Å²) < 4.78 is 10.7. The first-order valence-electron chi connectivity index (χ1n) is 8.41. The first-order chi connectivity index (χ1) is 12.3. The van der Waals surface area contributed by atoms with E-state index < -0.39 is 36.7 Å². The monoisotopic (exact) mass is 387 g/mol. The van der Waals surface area contributed by atoms with Gasteiger partial charge >= 0.3 is 5.97 Å². The van der Waals surface area contributed by atoms with E-state index in [9.17, 15) is 20.1 Å². The zero-order chi connectivity index (χ0) is 19.0. The van der Waals surface area contributed by atoms with E-state index in [1.54, 1.807) is 12.1 Å². The van der Waals surface area contributed by atoms with Crippen LogP contribution in [0.15, 0.2) is 12.1 Å². The van der Waals surface area contributed by atoms with Gasteiger partial charge in [0.05, 0.1) is 5.02 Å². The lowest BCUT2D eigenvalue weighted by atomic mass is 9.95. The van der Waals surface area contributed by atoms with Gasteiger partial charge in [-0.15, -0.1) is 0 Å². The van der Waals surface area contributed by atoms with Crippen molar-refractivity contribution in [3.8, 4) is 5.75 Å². The average molecular weight is 388 g/mol. The molecule has 1 aromatic carbocycles. The normalized spacial score (nSPS) is 34.7. The molecule has 2 aliphatic rings. The van der Waals surface area contributed by atoms with Crippen LogP contribution in [0.2, 0.25) is 5.02 Å². The molecular weight excluding hydrogens is 366 g/mol.